The normalized spacial score (nSPS) is 13.4. The van der Waals surface area contributed by atoms with Gasteiger partial charge in [-0.1, -0.05) is 26.8 Å². The lowest BCUT2D eigenvalue weighted by atomic mass is 10.4. The molecule has 88 valence electrons. The van der Waals surface area contributed by atoms with Crippen LogP contribution in [0.25, 0.3) is 0 Å². The number of hydrogen-bond donors (Lipinski definition) is 1. The molecule has 1 rings (SSSR count). The third-order valence-electron chi connectivity index (χ3n) is 1.28. The van der Waals surface area contributed by atoms with E-state index in [4.69, 9.17) is 5.11 Å². The van der Waals surface area contributed by atoms with E-state index in [1.54, 1.807) is 6.08 Å². The minimum atomic E-state index is -0.873. The lowest BCUT2D eigenvalue weighted by molar-refractivity contribution is -0.138. The number of rotatable bonds is 2. The van der Waals surface area contributed by atoms with Crippen LogP contribution in [-0.2, 0) is 14.3 Å². The number of allylic oxidation sites excluding steroid dienone is 1. The molecule has 0 spiro atoms. The Hall–Kier alpha value is -1.32. The Kier molecular flexibility index (Phi) is 13.6. The first-order valence-electron chi connectivity index (χ1n) is 5.22. The summed E-state index contributed by atoms with van der Waals surface area (Å²) in [6.45, 7) is 6.53. The molecule has 4 nitrogen and oxygen atoms in total. The summed E-state index contributed by atoms with van der Waals surface area (Å²) in [6, 6.07) is 0. The minimum absolute atomic E-state index is 0.0463. The maximum absolute atomic E-state index is 10.0. The van der Waals surface area contributed by atoms with E-state index in [1.165, 1.54) is 0 Å². The Bertz CT molecular complexity index is 189. The second kappa shape index (κ2) is 12.7. The van der Waals surface area contributed by atoms with E-state index < -0.39 is 5.97 Å². The number of carboxylic acids is 1. The van der Waals surface area contributed by atoms with Crippen molar-refractivity contribution in [3.63, 3.8) is 0 Å². The van der Waals surface area contributed by atoms with Gasteiger partial charge in [-0.2, -0.15) is 0 Å². The summed E-state index contributed by atoms with van der Waals surface area (Å²) in [5.41, 5.74) is 0. The summed E-state index contributed by atoms with van der Waals surface area (Å²) in [5, 5.41) is 7.96. The van der Waals surface area contributed by atoms with Gasteiger partial charge in [-0.05, 0) is 12.8 Å². The van der Waals surface area contributed by atoms with Crippen molar-refractivity contribution in [2.24, 2.45) is 0 Å². The first-order valence-corrected chi connectivity index (χ1v) is 5.22. The van der Waals surface area contributed by atoms with Gasteiger partial charge in [0.1, 0.15) is 0 Å². The highest BCUT2D eigenvalue weighted by Gasteiger charge is 2.08. The fourth-order valence-electron chi connectivity index (χ4n) is 0.693. The smallest absolute Gasteiger partial charge is 0.327 e. The quantitative estimate of drug-likeness (QED) is 0.568. The molecule has 0 aliphatic carbocycles. The minimum Gasteiger partial charge on any atom is -0.478 e. The number of cyclic esters (lactones) is 1. The van der Waals surface area contributed by atoms with Gasteiger partial charge >= 0.3 is 11.9 Å². The summed E-state index contributed by atoms with van der Waals surface area (Å²) in [5.74, 6) is -0.920. The largest absolute Gasteiger partial charge is 0.478 e. The summed E-state index contributed by atoms with van der Waals surface area (Å²) < 4.78 is 4.51. The van der Waals surface area contributed by atoms with E-state index in [0.29, 0.717) is 13.0 Å². The van der Waals surface area contributed by atoms with Gasteiger partial charge in [0.2, 0.25) is 0 Å². The summed E-state index contributed by atoms with van der Waals surface area (Å²) in [7, 11) is 0. The third kappa shape index (κ3) is 15.4. The molecule has 0 aromatic heterocycles. The van der Waals surface area contributed by atoms with Crippen molar-refractivity contribution < 1.29 is 19.4 Å². The number of carbonyl (C=O) groups is 2. The Morgan fingerprint density at radius 3 is 2.27 bits per heavy atom. The van der Waals surface area contributed by atoms with Crippen LogP contribution in [0.5, 0.6) is 0 Å². The van der Waals surface area contributed by atoms with Crippen LogP contribution in [0.2, 0.25) is 0 Å². The van der Waals surface area contributed by atoms with Crippen molar-refractivity contribution in [3.8, 4) is 0 Å². The van der Waals surface area contributed by atoms with Crippen molar-refractivity contribution >= 4 is 11.9 Å². The zero-order valence-corrected chi connectivity index (χ0v) is 9.66. The van der Waals surface area contributed by atoms with Crippen LogP contribution in [0.4, 0.5) is 0 Å². The first-order chi connectivity index (χ1) is 7.16. The predicted molar refractivity (Wildman–Crippen MR) is 58.6 cm³/mol. The molecule has 15 heavy (non-hydrogen) atoms. The Morgan fingerprint density at radius 2 is 2.13 bits per heavy atom. The van der Waals surface area contributed by atoms with Crippen LogP contribution in [0.15, 0.2) is 12.2 Å². The molecule has 1 N–H and O–H groups in total. The Morgan fingerprint density at radius 1 is 1.53 bits per heavy atom. The second-order valence-electron chi connectivity index (χ2n) is 2.47. The van der Waals surface area contributed by atoms with Gasteiger partial charge in [-0.25, -0.2) is 4.79 Å². The van der Waals surface area contributed by atoms with Gasteiger partial charge in [-0.15, -0.1) is 0 Å². The van der Waals surface area contributed by atoms with E-state index in [9.17, 15) is 9.59 Å². The molecule has 1 aliphatic heterocycles. The lowest BCUT2D eigenvalue weighted by Crippen LogP contribution is -1.88. The molecule has 0 bridgehead atoms. The van der Waals surface area contributed by atoms with Crippen molar-refractivity contribution in [3.05, 3.63) is 12.2 Å². The topological polar surface area (TPSA) is 63.6 Å². The third-order valence-corrected chi connectivity index (χ3v) is 1.28. The fourth-order valence-corrected chi connectivity index (χ4v) is 0.693. The van der Waals surface area contributed by atoms with Crippen LogP contribution in [-0.4, -0.2) is 23.7 Å². The average Bonchev–Trinajstić information content (AvgIpc) is 2.70. The molecular formula is C11H20O4. The molecule has 1 heterocycles. The van der Waals surface area contributed by atoms with E-state index in [0.717, 1.165) is 18.9 Å². The van der Waals surface area contributed by atoms with Crippen molar-refractivity contribution in [2.75, 3.05) is 6.61 Å². The SMILES string of the molecule is CC.CC/C=C/C(=O)O.O=C1CCCO1. The number of esters is 1. The molecule has 0 amide bonds. The van der Waals surface area contributed by atoms with Gasteiger partial charge in [0.05, 0.1) is 6.61 Å². The van der Waals surface area contributed by atoms with Crippen molar-refractivity contribution in [1.29, 1.82) is 0 Å². The molecule has 0 unspecified atom stereocenters. The molecule has 4 heteroatoms. The highest BCUT2D eigenvalue weighted by atomic mass is 16.5. The maximum atomic E-state index is 10.0. The summed E-state index contributed by atoms with van der Waals surface area (Å²) in [6.07, 6.45) is 5.06. The maximum Gasteiger partial charge on any atom is 0.327 e. The monoisotopic (exact) mass is 216 g/mol. The van der Waals surface area contributed by atoms with Crippen LogP contribution < -0.4 is 0 Å². The second-order valence-corrected chi connectivity index (χ2v) is 2.47. The molecule has 0 aromatic rings. The van der Waals surface area contributed by atoms with E-state index >= 15 is 0 Å². The zero-order valence-electron chi connectivity index (χ0n) is 9.66. The molecule has 1 saturated heterocycles. The lowest BCUT2D eigenvalue weighted by Gasteiger charge is -1.81. The molecule has 0 aromatic carbocycles. The van der Waals surface area contributed by atoms with Crippen LogP contribution in [0, 0.1) is 0 Å². The number of ether oxygens (including phenoxy) is 1. The van der Waals surface area contributed by atoms with Crippen LogP contribution >= 0.6 is 0 Å². The Balaban J connectivity index is 0. The highest BCUT2D eigenvalue weighted by molar-refractivity contribution is 5.79. The summed E-state index contributed by atoms with van der Waals surface area (Å²) >= 11 is 0. The highest BCUT2D eigenvalue weighted by Crippen LogP contribution is 2.01. The zero-order chi connectivity index (χ0) is 12.1. The molecule has 0 radical (unpaired) electrons. The van der Waals surface area contributed by atoms with Crippen LogP contribution in [0.1, 0.15) is 40.0 Å². The van der Waals surface area contributed by atoms with E-state index in [-0.39, 0.29) is 5.97 Å². The van der Waals surface area contributed by atoms with Gasteiger partial charge in [-0.3, -0.25) is 4.79 Å². The number of carboxylic acid groups (broad SMARTS) is 1. The summed E-state index contributed by atoms with van der Waals surface area (Å²) in [4.78, 5) is 19.7. The molecule has 1 fully saturated rings. The predicted octanol–water partition coefficient (Wildman–Crippen LogP) is 2.39. The standard InChI is InChI=1S/C5H8O2.C4H6O2.C2H6/c1-2-3-4-5(6)7;5-4-2-1-3-6-4;1-2/h3-4H,2H2,1H3,(H,6,7);1-3H2;1-2H3/b4-3+;;. The first kappa shape index (κ1) is 16.1. The number of aliphatic carboxylic acids is 1. The van der Waals surface area contributed by atoms with Gasteiger partial charge in [0.15, 0.2) is 0 Å². The molecular weight excluding hydrogens is 196 g/mol. The molecule has 1 aliphatic rings. The molecule has 0 atom stereocenters. The Labute approximate surface area is 90.9 Å². The average molecular weight is 216 g/mol. The fraction of sp³-hybridized carbons (Fsp3) is 0.636. The number of hydrogen-bond acceptors (Lipinski definition) is 3. The van der Waals surface area contributed by atoms with E-state index in [2.05, 4.69) is 4.74 Å². The molecule has 0 saturated carbocycles. The van der Waals surface area contributed by atoms with Gasteiger partial charge < -0.3 is 9.84 Å². The van der Waals surface area contributed by atoms with Crippen LogP contribution in [0.3, 0.4) is 0 Å². The number of carbonyl (C=O) groups excluding carboxylic acids is 1. The van der Waals surface area contributed by atoms with Crippen molar-refractivity contribution in [2.45, 2.75) is 40.0 Å². The van der Waals surface area contributed by atoms with Gasteiger partial charge in [0.25, 0.3) is 0 Å². The van der Waals surface area contributed by atoms with Gasteiger partial charge in [0, 0.05) is 12.5 Å². The van der Waals surface area contributed by atoms with Crippen molar-refractivity contribution in [1.82, 2.24) is 0 Å². The van der Waals surface area contributed by atoms with E-state index in [1.807, 2.05) is 20.8 Å².